The van der Waals surface area contributed by atoms with Gasteiger partial charge in [-0.25, -0.2) is 4.98 Å². The molecule has 2 aromatic heterocycles. The van der Waals surface area contributed by atoms with Gasteiger partial charge < -0.3 is 19.4 Å². The van der Waals surface area contributed by atoms with Gasteiger partial charge in [-0.05, 0) is 31.2 Å². The number of rotatable bonds is 6. The van der Waals surface area contributed by atoms with Crippen LogP contribution < -0.4 is 15.0 Å². The molecule has 1 fully saturated rings. The van der Waals surface area contributed by atoms with E-state index in [4.69, 9.17) is 9.15 Å². The highest BCUT2D eigenvalue weighted by molar-refractivity contribution is 7.14. The Hall–Kier alpha value is -3.13. The second kappa shape index (κ2) is 7.85. The number of ether oxygens (including phenoxy) is 1. The van der Waals surface area contributed by atoms with Gasteiger partial charge in [0.1, 0.15) is 11.4 Å². The molecule has 0 saturated carbocycles. The number of benzene rings is 1. The Labute approximate surface area is 165 Å². The fraction of sp³-hybridized carbons (Fsp3) is 0.250. The predicted octanol–water partition coefficient (Wildman–Crippen LogP) is 3.79. The Morgan fingerprint density at radius 3 is 3.00 bits per heavy atom. The quantitative estimate of drug-likeness (QED) is 0.684. The van der Waals surface area contributed by atoms with Crippen molar-refractivity contribution in [3.63, 3.8) is 0 Å². The molecule has 1 aliphatic rings. The minimum Gasteiger partial charge on any atom is -0.492 e. The maximum Gasteiger partial charge on any atom is 0.231 e. The molecule has 1 unspecified atom stereocenters. The minimum atomic E-state index is -0.446. The maximum atomic E-state index is 12.7. The third-order valence-corrected chi connectivity index (χ3v) is 5.22. The standard InChI is InChI=1S/C20H19N3O4S/c1-2-26-17-7-4-3-6-15(17)23-11-13(10-18(23)24)19(25)22-20-21-14(12-28-20)16-8-5-9-27-16/h3-9,12-13H,2,10-11H2,1H3,(H,21,22,25). The van der Waals surface area contributed by atoms with Gasteiger partial charge in [0, 0.05) is 18.3 Å². The molecular weight excluding hydrogens is 378 g/mol. The molecule has 3 heterocycles. The molecular formula is C20H19N3O4S. The lowest BCUT2D eigenvalue weighted by Gasteiger charge is -2.20. The fourth-order valence-electron chi connectivity index (χ4n) is 3.15. The normalized spacial score (nSPS) is 16.4. The summed E-state index contributed by atoms with van der Waals surface area (Å²) in [6, 6.07) is 11.0. The molecule has 3 aromatic rings. The van der Waals surface area contributed by atoms with Crippen molar-refractivity contribution in [3.05, 3.63) is 48.0 Å². The van der Waals surface area contributed by atoms with Crippen LogP contribution in [0.3, 0.4) is 0 Å². The second-order valence-electron chi connectivity index (χ2n) is 6.31. The van der Waals surface area contributed by atoms with E-state index in [1.54, 1.807) is 17.2 Å². The molecule has 28 heavy (non-hydrogen) atoms. The topological polar surface area (TPSA) is 84.7 Å². The van der Waals surface area contributed by atoms with Crippen molar-refractivity contribution in [1.29, 1.82) is 0 Å². The Morgan fingerprint density at radius 1 is 1.36 bits per heavy atom. The number of hydrogen-bond acceptors (Lipinski definition) is 6. The number of carbonyl (C=O) groups is 2. The first-order valence-corrected chi connectivity index (χ1v) is 9.86. The molecule has 1 N–H and O–H groups in total. The molecule has 7 nitrogen and oxygen atoms in total. The number of carbonyl (C=O) groups excluding carboxylic acids is 2. The Morgan fingerprint density at radius 2 is 2.21 bits per heavy atom. The highest BCUT2D eigenvalue weighted by Crippen LogP contribution is 2.33. The van der Waals surface area contributed by atoms with Crippen molar-refractivity contribution < 1.29 is 18.7 Å². The largest absolute Gasteiger partial charge is 0.492 e. The van der Waals surface area contributed by atoms with Crippen LogP contribution in [0.1, 0.15) is 13.3 Å². The lowest BCUT2D eigenvalue weighted by molar-refractivity contribution is -0.122. The van der Waals surface area contributed by atoms with E-state index in [0.717, 1.165) is 0 Å². The Bertz CT molecular complexity index is 983. The van der Waals surface area contributed by atoms with Crippen LogP contribution in [-0.4, -0.2) is 29.9 Å². The van der Waals surface area contributed by atoms with E-state index in [1.165, 1.54) is 11.3 Å². The monoisotopic (exact) mass is 397 g/mol. The van der Waals surface area contributed by atoms with E-state index in [9.17, 15) is 9.59 Å². The summed E-state index contributed by atoms with van der Waals surface area (Å²) >= 11 is 1.32. The smallest absolute Gasteiger partial charge is 0.231 e. The van der Waals surface area contributed by atoms with Crippen LogP contribution in [0.25, 0.3) is 11.5 Å². The van der Waals surface area contributed by atoms with Crippen molar-refractivity contribution in [1.82, 2.24) is 4.98 Å². The van der Waals surface area contributed by atoms with E-state index in [0.29, 0.717) is 41.2 Å². The molecule has 0 radical (unpaired) electrons. The molecule has 1 saturated heterocycles. The summed E-state index contributed by atoms with van der Waals surface area (Å²) in [4.78, 5) is 31.2. The molecule has 4 rings (SSSR count). The highest BCUT2D eigenvalue weighted by Gasteiger charge is 2.36. The van der Waals surface area contributed by atoms with Gasteiger partial charge in [0.2, 0.25) is 11.8 Å². The molecule has 1 atom stereocenters. The van der Waals surface area contributed by atoms with Crippen molar-refractivity contribution in [2.45, 2.75) is 13.3 Å². The van der Waals surface area contributed by atoms with E-state index in [2.05, 4.69) is 10.3 Å². The van der Waals surface area contributed by atoms with Crippen LogP contribution in [-0.2, 0) is 9.59 Å². The SMILES string of the molecule is CCOc1ccccc1N1CC(C(=O)Nc2nc(-c3ccco3)cs2)CC1=O. The molecule has 0 aliphatic carbocycles. The lowest BCUT2D eigenvalue weighted by atomic mass is 10.1. The predicted molar refractivity (Wildman–Crippen MR) is 107 cm³/mol. The lowest BCUT2D eigenvalue weighted by Crippen LogP contribution is -2.28. The van der Waals surface area contributed by atoms with Crippen molar-refractivity contribution in [2.24, 2.45) is 5.92 Å². The molecule has 2 amide bonds. The minimum absolute atomic E-state index is 0.0947. The molecule has 144 valence electrons. The number of nitrogens with one attached hydrogen (secondary N) is 1. The summed E-state index contributed by atoms with van der Waals surface area (Å²) in [7, 11) is 0. The van der Waals surface area contributed by atoms with Gasteiger partial charge in [-0.15, -0.1) is 11.3 Å². The van der Waals surface area contributed by atoms with Gasteiger partial charge in [-0.2, -0.15) is 0 Å². The number of hydrogen-bond donors (Lipinski definition) is 1. The van der Waals surface area contributed by atoms with Crippen molar-refractivity contribution in [2.75, 3.05) is 23.4 Å². The zero-order chi connectivity index (χ0) is 19.5. The van der Waals surface area contributed by atoms with Gasteiger partial charge in [-0.3, -0.25) is 9.59 Å². The third kappa shape index (κ3) is 3.63. The molecule has 0 spiro atoms. The zero-order valence-electron chi connectivity index (χ0n) is 15.3. The average Bonchev–Trinajstić information content (AvgIpc) is 3.43. The summed E-state index contributed by atoms with van der Waals surface area (Å²) in [5.41, 5.74) is 1.36. The first-order valence-electron chi connectivity index (χ1n) is 8.98. The van der Waals surface area contributed by atoms with Crippen LogP contribution >= 0.6 is 11.3 Å². The summed E-state index contributed by atoms with van der Waals surface area (Å²) < 4.78 is 10.9. The van der Waals surface area contributed by atoms with Gasteiger partial charge in [0.25, 0.3) is 0 Å². The number of thiazole rings is 1. The molecule has 1 aliphatic heterocycles. The van der Waals surface area contributed by atoms with Crippen LogP contribution in [0.4, 0.5) is 10.8 Å². The van der Waals surface area contributed by atoms with Crippen LogP contribution in [0, 0.1) is 5.92 Å². The summed E-state index contributed by atoms with van der Waals surface area (Å²) in [5, 5.41) is 5.12. The average molecular weight is 397 g/mol. The number of anilines is 2. The first kappa shape index (κ1) is 18.2. The number of aromatic nitrogens is 1. The van der Waals surface area contributed by atoms with Crippen LogP contribution in [0.5, 0.6) is 5.75 Å². The van der Waals surface area contributed by atoms with Gasteiger partial charge in [0.15, 0.2) is 10.9 Å². The van der Waals surface area contributed by atoms with Gasteiger partial charge in [-0.1, -0.05) is 12.1 Å². The van der Waals surface area contributed by atoms with E-state index in [-0.39, 0.29) is 18.2 Å². The molecule has 8 heteroatoms. The van der Waals surface area contributed by atoms with E-state index < -0.39 is 5.92 Å². The molecule has 1 aromatic carbocycles. The van der Waals surface area contributed by atoms with Gasteiger partial charge in [0.05, 0.1) is 24.5 Å². The van der Waals surface area contributed by atoms with Crippen molar-refractivity contribution >= 4 is 34.0 Å². The summed E-state index contributed by atoms with van der Waals surface area (Å²) in [6.07, 6.45) is 1.73. The van der Waals surface area contributed by atoms with E-state index >= 15 is 0 Å². The number of nitrogens with zero attached hydrogens (tertiary/aromatic N) is 2. The summed E-state index contributed by atoms with van der Waals surface area (Å²) in [5.74, 6) is 0.528. The highest BCUT2D eigenvalue weighted by atomic mass is 32.1. The Kier molecular flexibility index (Phi) is 5.12. The second-order valence-corrected chi connectivity index (χ2v) is 7.17. The maximum absolute atomic E-state index is 12.7. The summed E-state index contributed by atoms with van der Waals surface area (Å²) in [6.45, 7) is 2.71. The number of para-hydroxylation sites is 2. The number of amides is 2. The van der Waals surface area contributed by atoms with Gasteiger partial charge >= 0.3 is 0 Å². The van der Waals surface area contributed by atoms with Crippen LogP contribution in [0.2, 0.25) is 0 Å². The van der Waals surface area contributed by atoms with E-state index in [1.807, 2.05) is 42.6 Å². The van der Waals surface area contributed by atoms with Crippen molar-refractivity contribution in [3.8, 4) is 17.2 Å². The fourth-order valence-corrected chi connectivity index (χ4v) is 3.85. The first-order chi connectivity index (χ1) is 13.7. The number of furan rings is 1. The van der Waals surface area contributed by atoms with Crippen LogP contribution in [0.15, 0.2) is 52.5 Å². The third-order valence-electron chi connectivity index (χ3n) is 4.46. The Balaban J connectivity index is 1.45. The zero-order valence-corrected chi connectivity index (χ0v) is 16.1. The molecule has 0 bridgehead atoms.